The number of nitrogens with zero attached hydrogens (tertiary/aromatic N) is 3. The van der Waals surface area contributed by atoms with Crippen LogP contribution in [0.2, 0.25) is 0 Å². The maximum Gasteiger partial charge on any atom is 0.338 e. The third-order valence-electron chi connectivity index (χ3n) is 5.64. The smallest absolute Gasteiger partial charge is 0.338 e. The van der Waals surface area contributed by atoms with Crippen molar-refractivity contribution in [2.24, 2.45) is 0 Å². The molecule has 7 nitrogen and oxygen atoms in total. The molecule has 0 bridgehead atoms. The summed E-state index contributed by atoms with van der Waals surface area (Å²) in [4.78, 5) is 17.8. The number of halogens is 1. The van der Waals surface area contributed by atoms with Crippen molar-refractivity contribution in [3.8, 4) is 5.75 Å². The number of hydrogen-bond acceptors (Lipinski definition) is 7. The van der Waals surface area contributed by atoms with Crippen LogP contribution in [0.3, 0.4) is 0 Å². The zero-order chi connectivity index (χ0) is 25.7. The molecule has 0 saturated carbocycles. The van der Waals surface area contributed by atoms with Crippen LogP contribution in [-0.2, 0) is 16.1 Å². The van der Waals surface area contributed by atoms with Crippen LogP contribution < -0.4 is 10.1 Å². The van der Waals surface area contributed by atoms with Crippen LogP contribution in [-0.4, -0.2) is 32.6 Å². The first-order chi connectivity index (χ1) is 17.4. The standard InChI is InChI=1S/C27H31BrN4O3S/c1-5-6-15-36-27-30-26-29-18(4)23(25(33)35-17(2)3)24(32(26)31-27)20-9-13-22(14-10-20)34-16-19-7-11-21(28)12-8-19/h7-14,17,24H,5-6,15-16H2,1-4H3,(H,29,30,31). The number of benzene rings is 2. The number of anilines is 1. The maximum absolute atomic E-state index is 13.2. The summed E-state index contributed by atoms with van der Waals surface area (Å²) < 4.78 is 14.4. The number of fused-ring (bicyclic) bond motifs is 1. The van der Waals surface area contributed by atoms with Gasteiger partial charge in [0, 0.05) is 15.9 Å². The van der Waals surface area contributed by atoms with Crippen LogP contribution in [0.25, 0.3) is 0 Å². The van der Waals surface area contributed by atoms with E-state index in [2.05, 4.69) is 33.2 Å². The van der Waals surface area contributed by atoms with Crippen molar-refractivity contribution in [1.29, 1.82) is 0 Å². The van der Waals surface area contributed by atoms with E-state index in [1.54, 1.807) is 16.4 Å². The second-order valence-electron chi connectivity index (χ2n) is 8.87. The second-order valence-corrected chi connectivity index (χ2v) is 10.8. The minimum absolute atomic E-state index is 0.231. The number of nitrogens with one attached hydrogen (secondary N) is 1. The van der Waals surface area contributed by atoms with Crippen molar-refractivity contribution in [2.45, 2.75) is 64.4 Å². The summed E-state index contributed by atoms with van der Waals surface area (Å²) in [6.45, 7) is 8.20. The summed E-state index contributed by atoms with van der Waals surface area (Å²) in [5.74, 6) is 1.95. The Morgan fingerprint density at radius 2 is 1.89 bits per heavy atom. The fourth-order valence-corrected chi connectivity index (χ4v) is 5.02. The van der Waals surface area contributed by atoms with E-state index in [0.717, 1.165) is 39.9 Å². The molecule has 190 valence electrons. The number of esters is 1. The zero-order valence-electron chi connectivity index (χ0n) is 21.0. The molecule has 1 aliphatic rings. The Bertz CT molecular complexity index is 1220. The Morgan fingerprint density at radius 3 is 2.56 bits per heavy atom. The Morgan fingerprint density at radius 1 is 1.17 bits per heavy atom. The van der Waals surface area contributed by atoms with Crippen LogP contribution in [0.1, 0.15) is 57.7 Å². The lowest BCUT2D eigenvalue weighted by Crippen LogP contribution is -2.30. The molecule has 0 radical (unpaired) electrons. The summed E-state index contributed by atoms with van der Waals surface area (Å²) in [6.07, 6.45) is 1.98. The number of thioether (sulfide) groups is 1. The largest absolute Gasteiger partial charge is 0.489 e. The molecule has 1 N–H and O–H groups in total. The van der Waals surface area contributed by atoms with Crippen molar-refractivity contribution in [2.75, 3.05) is 11.1 Å². The van der Waals surface area contributed by atoms with Crippen molar-refractivity contribution in [1.82, 2.24) is 14.8 Å². The number of hydrogen-bond donors (Lipinski definition) is 1. The average molecular weight is 572 g/mol. The van der Waals surface area contributed by atoms with Gasteiger partial charge in [0.05, 0.1) is 11.7 Å². The van der Waals surface area contributed by atoms with E-state index in [1.165, 1.54) is 0 Å². The highest BCUT2D eigenvalue weighted by molar-refractivity contribution is 9.10. The van der Waals surface area contributed by atoms with E-state index in [-0.39, 0.29) is 12.1 Å². The number of unbranched alkanes of at least 4 members (excludes halogenated alkanes) is 1. The Kier molecular flexibility index (Phi) is 8.74. The van der Waals surface area contributed by atoms with Crippen molar-refractivity contribution < 1.29 is 14.3 Å². The van der Waals surface area contributed by atoms with E-state index >= 15 is 0 Å². The predicted octanol–water partition coefficient (Wildman–Crippen LogP) is 6.75. The van der Waals surface area contributed by atoms with Crippen molar-refractivity contribution in [3.05, 3.63) is 75.4 Å². The molecule has 0 amide bonds. The van der Waals surface area contributed by atoms with Crippen LogP contribution in [0.4, 0.5) is 5.95 Å². The number of aromatic nitrogens is 3. The van der Waals surface area contributed by atoms with Gasteiger partial charge in [-0.2, -0.15) is 4.98 Å². The van der Waals surface area contributed by atoms with Crippen LogP contribution in [0, 0.1) is 0 Å². The van der Waals surface area contributed by atoms with Gasteiger partial charge < -0.3 is 14.8 Å². The molecule has 2 aromatic carbocycles. The van der Waals surface area contributed by atoms with E-state index in [0.29, 0.717) is 29.0 Å². The highest BCUT2D eigenvalue weighted by Crippen LogP contribution is 2.37. The minimum Gasteiger partial charge on any atom is -0.489 e. The van der Waals surface area contributed by atoms with Crippen LogP contribution in [0.15, 0.2) is 69.4 Å². The van der Waals surface area contributed by atoms with Gasteiger partial charge in [0.1, 0.15) is 18.4 Å². The number of allylic oxidation sites excluding steroid dienone is 1. The highest BCUT2D eigenvalue weighted by atomic mass is 79.9. The predicted molar refractivity (Wildman–Crippen MR) is 146 cm³/mol. The number of carbonyl (C=O) groups excluding carboxylic acids is 1. The zero-order valence-corrected chi connectivity index (χ0v) is 23.4. The van der Waals surface area contributed by atoms with Gasteiger partial charge in [0.25, 0.3) is 0 Å². The summed E-state index contributed by atoms with van der Waals surface area (Å²) >= 11 is 5.08. The summed E-state index contributed by atoms with van der Waals surface area (Å²) in [7, 11) is 0. The van der Waals surface area contributed by atoms with Gasteiger partial charge in [-0.25, -0.2) is 9.48 Å². The van der Waals surface area contributed by atoms with Gasteiger partial charge in [-0.15, -0.1) is 5.10 Å². The molecule has 0 fully saturated rings. The van der Waals surface area contributed by atoms with E-state index in [1.807, 2.05) is 69.3 Å². The van der Waals surface area contributed by atoms with Gasteiger partial charge >= 0.3 is 5.97 Å². The van der Waals surface area contributed by atoms with Crippen molar-refractivity contribution in [3.63, 3.8) is 0 Å². The molecule has 0 spiro atoms. The lowest BCUT2D eigenvalue weighted by atomic mass is 9.95. The molecule has 3 aromatic rings. The lowest BCUT2D eigenvalue weighted by Gasteiger charge is -2.28. The monoisotopic (exact) mass is 570 g/mol. The molecular formula is C27H31BrN4O3S. The fraction of sp³-hybridized carbons (Fsp3) is 0.370. The average Bonchev–Trinajstić information content (AvgIpc) is 3.25. The molecule has 0 aliphatic carbocycles. The second kappa shape index (κ2) is 12.0. The minimum atomic E-state index is -0.457. The Balaban J connectivity index is 1.61. The van der Waals surface area contributed by atoms with Crippen molar-refractivity contribution >= 4 is 39.6 Å². The first-order valence-corrected chi connectivity index (χ1v) is 13.9. The third-order valence-corrected chi connectivity index (χ3v) is 7.09. The summed E-state index contributed by atoms with van der Waals surface area (Å²) in [5, 5.41) is 8.71. The fourth-order valence-electron chi connectivity index (χ4n) is 3.84. The SMILES string of the molecule is CCCCSc1nc2n(n1)C(c1ccc(OCc3ccc(Br)cc3)cc1)C(C(=O)OC(C)C)=C(C)N2. The molecule has 1 atom stereocenters. The van der Waals surface area contributed by atoms with Gasteiger partial charge in [-0.3, -0.25) is 0 Å². The van der Waals surface area contributed by atoms with Crippen LogP contribution >= 0.6 is 27.7 Å². The molecule has 9 heteroatoms. The van der Waals surface area contributed by atoms with Crippen LogP contribution in [0.5, 0.6) is 5.75 Å². The normalized spacial score (nSPS) is 15.0. The van der Waals surface area contributed by atoms with Gasteiger partial charge in [-0.05, 0) is 62.6 Å². The van der Waals surface area contributed by atoms with E-state index in [9.17, 15) is 4.79 Å². The first-order valence-electron chi connectivity index (χ1n) is 12.1. The molecular weight excluding hydrogens is 540 g/mol. The quantitative estimate of drug-likeness (QED) is 0.164. The third kappa shape index (κ3) is 6.31. The highest BCUT2D eigenvalue weighted by Gasteiger charge is 2.35. The lowest BCUT2D eigenvalue weighted by molar-refractivity contribution is -0.143. The molecule has 1 aromatic heterocycles. The summed E-state index contributed by atoms with van der Waals surface area (Å²) in [6, 6.07) is 15.4. The Labute approximate surface area is 224 Å². The van der Waals surface area contributed by atoms with Gasteiger partial charge in [-0.1, -0.05) is 65.3 Å². The number of rotatable bonds is 10. The van der Waals surface area contributed by atoms with E-state index in [4.69, 9.17) is 14.6 Å². The first kappa shape index (κ1) is 26.3. The molecule has 36 heavy (non-hydrogen) atoms. The summed E-state index contributed by atoms with van der Waals surface area (Å²) in [5.41, 5.74) is 3.22. The molecule has 1 unspecified atom stereocenters. The number of ether oxygens (including phenoxy) is 2. The van der Waals surface area contributed by atoms with Gasteiger partial charge in [0.2, 0.25) is 11.1 Å². The maximum atomic E-state index is 13.2. The Hall–Kier alpha value is -2.78. The van der Waals surface area contributed by atoms with Gasteiger partial charge in [0.15, 0.2) is 0 Å². The topological polar surface area (TPSA) is 78.3 Å². The molecule has 4 rings (SSSR count). The molecule has 0 saturated heterocycles. The molecule has 1 aliphatic heterocycles. The molecule has 2 heterocycles. The van der Waals surface area contributed by atoms with E-state index < -0.39 is 6.04 Å². The number of carbonyl (C=O) groups is 1.